The highest BCUT2D eigenvalue weighted by Crippen LogP contribution is 2.20. The third kappa shape index (κ3) is 6.55. The number of hydrogen-bond acceptors (Lipinski definition) is 3. The summed E-state index contributed by atoms with van der Waals surface area (Å²) in [6, 6.07) is 13.1. The zero-order valence-corrected chi connectivity index (χ0v) is 15.2. The summed E-state index contributed by atoms with van der Waals surface area (Å²) in [5, 5.41) is 6.29. The summed E-state index contributed by atoms with van der Waals surface area (Å²) in [6.45, 7) is 3.31. The lowest BCUT2D eigenvalue weighted by molar-refractivity contribution is 0.236. The van der Waals surface area contributed by atoms with Crippen molar-refractivity contribution >= 4 is 17.6 Å². The number of ether oxygens (including phenoxy) is 2. The van der Waals surface area contributed by atoms with Crippen molar-refractivity contribution in [2.45, 2.75) is 13.3 Å². The van der Waals surface area contributed by atoms with E-state index in [-0.39, 0.29) is 6.03 Å². The number of hydrogen-bond donors (Lipinski definition) is 2. The first-order valence-electron chi connectivity index (χ1n) is 8.12. The number of rotatable bonds is 8. The Labute approximate surface area is 153 Å². The van der Waals surface area contributed by atoms with Gasteiger partial charge in [-0.2, -0.15) is 0 Å². The molecule has 5 nitrogen and oxygen atoms in total. The van der Waals surface area contributed by atoms with Gasteiger partial charge in [0.1, 0.15) is 18.1 Å². The molecule has 0 aliphatic rings. The molecule has 0 spiro atoms. The molecule has 0 saturated heterocycles. The Bertz CT molecular complexity index is 690. The molecule has 25 heavy (non-hydrogen) atoms. The average molecular weight is 363 g/mol. The fourth-order valence-corrected chi connectivity index (χ4v) is 2.33. The van der Waals surface area contributed by atoms with E-state index in [1.807, 2.05) is 43.3 Å². The second-order valence-electron chi connectivity index (χ2n) is 5.54. The van der Waals surface area contributed by atoms with Crippen LogP contribution < -0.4 is 20.1 Å². The zero-order chi connectivity index (χ0) is 18.1. The molecule has 2 N–H and O–H groups in total. The average Bonchev–Trinajstić information content (AvgIpc) is 2.62. The van der Waals surface area contributed by atoms with E-state index in [0.717, 1.165) is 29.0 Å². The molecular weight excluding hydrogens is 340 g/mol. The third-order valence-electron chi connectivity index (χ3n) is 3.64. The molecule has 0 heterocycles. The van der Waals surface area contributed by atoms with E-state index >= 15 is 0 Å². The van der Waals surface area contributed by atoms with Crippen LogP contribution in [0.25, 0.3) is 0 Å². The van der Waals surface area contributed by atoms with Gasteiger partial charge in [0.25, 0.3) is 0 Å². The van der Waals surface area contributed by atoms with E-state index in [9.17, 15) is 4.79 Å². The minimum atomic E-state index is -0.204. The van der Waals surface area contributed by atoms with Crippen molar-refractivity contribution in [2.75, 3.05) is 26.8 Å². The molecule has 2 aromatic rings. The van der Waals surface area contributed by atoms with Gasteiger partial charge in [0.2, 0.25) is 0 Å². The van der Waals surface area contributed by atoms with Gasteiger partial charge in [-0.1, -0.05) is 23.7 Å². The molecule has 2 rings (SSSR count). The van der Waals surface area contributed by atoms with Crippen molar-refractivity contribution in [1.29, 1.82) is 0 Å². The smallest absolute Gasteiger partial charge is 0.314 e. The maximum atomic E-state index is 11.7. The Morgan fingerprint density at radius 1 is 1.04 bits per heavy atom. The molecule has 2 amide bonds. The van der Waals surface area contributed by atoms with E-state index in [2.05, 4.69) is 10.6 Å². The zero-order valence-electron chi connectivity index (χ0n) is 14.5. The predicted octanol–water partition coefficient (Wildman–Crippen LogP) is 3.58. The SMILES string of the molecule is COc1ccc(CCNC(=O)NCCOc2ccc(Cl)c(C)c2)cc1. The number of carbonyl (C=O) groups is 1. The number of methoxy groups -OCH3 is 1. The molecule has 0 fully saturated rings. The summed E-state index contributed by atoms with van der Waals surface area (Å²) in [5.74, 6) is 1.56. The van der Waals surface area contributed by atoms with E-state index in [1.165, 1.54) is 0 Å². The van der Waals surface area contributed by atoms with Crippen LogP contribution in [0.4, 0.5) is 4.79 Å². The maximum absolute atomic E-state index is 11.7. The van der Waals surface area contributed by atoms with Crippen molar-refractivity contribution in [1.82, 2.24) is 10.6 Å². The fourth-order valence-electron chi connectivity index (χ4n) is 2.22. The maximum Gasteiger partial charge on any atom is 0.314 e. The molecule has 0 aromatic heterocycles. The van der Waals surface area contributed by atoms with Gasteiger partial charge in [-0.25, -0.2) is 4.79 Å². The molecular formula is C19H23ClN2O3. The standard InChI is InChI=1S/C19H23ClN2O3/c1-14-13-17(7-8-18(14)20)25-12-11-22-19(23)21-10-9-15-3-5-16(24-2)6-4-15/h3-8,13H,9-12H2,1-2H3,(H2,21,22,23). The Balaban J connectivity index is 1.59. The van der Waals surface area contributed by atoms with Crippen molar-refractivity contribution in [2.24, 2.45) is 0 Å². The van der Waals surface area contributed by atoms with Crippen LogP contribution in [0.3, 0.4) is 0 Å². The Hall–Kier alpha value is -2.40. The van der Waals surface area contributed by atoms with Gasteiger partial charge in [0.05, 0.1) is 13.7 Å². The minimum Gasteiger partial charge on any atom is -0.497 e. The lowest BCUT2D eigenvalue weighted by atomic mass is 10.1. The monoisotopic (exact) mass is 362 g/mol. The number of nitrogens with one attached hydrogen (secondary N) is 2. The van der Waals surface area contributed by atoms with Gasteiger partial charge in [-0.05, 0) is 54.8 Å². The summed E-state index contributed by atoms with van der Waals surface area (Å²) in [6.07, 6.45) is 0.762. The number of aryl methyl sites for hydroxylation is 1. The Morgan fingerprint density at radius 3 is 2.40 bits per heavy atom. The highest BCUT2D eigenvalue weighted by atomic mass is 35.5. The number of amides is 2. The highest BCUT2D eigenvalue weighted by molar-refractivity contribution is 6.31. The summed E-state index contributed by atoms with van der Waals surface area (Å²) in [4.78, 5) is 11.7. The summed E-state index contributed by atoms with van der Waals surface area (Å²) >= 11 is 5.96. The van der Waals surface area contributed by atoms with Gasteiger partial charge in [-0.15, -0.1) is 0 Å². The van der Waals surface area contributed by atoms with Crippen LogP contribution in [-0.4, -0.2) is 32.8 Å². The number of carbonyl (C=O) groups excluding carboxylic acids is 1. The first-order valence-corrected chi connectivity index (χ1v) is 8.50. The number of urea groups is 1. The van der Waals surface area contributed by atoms with Crippen molar-refractivity contribution in [3.8, 4) is 11.5 Å². The second kappa shape index (κ2) is 9.79. The number of halogens is 1. The fraction of sp³-hybridized carbons (Fsp3) is 0.316. The number of benzene rings is 2. The summed E-state index contributed by atoms with van der Waals surface area (Å²) in [5.41, 5.74) is 2.10. The van der Waals surface area contributed by atoms with Crippen LogP contribution in [0.1, 0.15) is 11.1 Å². The minimum absolute atomic E-state index is 0.204. The predicted molar refractivity (Wildman–Crippen MR) is 99.8 cm³/mol. The first-order chi connectivity index (χ1) is 12.1. The molecule has 0 bridgehead atoms. The normalized spacial score (nSPS) is 10.2. The van der Waals surface area contributed by atoms with Crippen molar-refractivity contribution in [3.05, 3.63) is 58.6 Å². The largest absolute Gasteiger partial charge is 0.497 e. The van der Waals surface area contributed by atoms with Crippen molar-refractivity contribution in [3.63, 3.8) is 0 Å². The van der Waals surface area contributed by atoms with Gasteiger partial charge in [0.15, 0.2) is 0 Å². The van der Waals surface area contributed by atoms with E-state index in [4.69, 9.17) is 21.1 Å². The van der Waals surface area contributed by atoms with E-state index in [1.54, 1.807) is 13.2 Å². The van der Waals surface area contributed by atoms with E-state index < -0.39 is 0 Å². The Kier molecular flexibility index (Phi) is 7.41. The van der Waals surface area contributed by atoms with E-state index in [0.29, 0.717) is 24.7 Å². The molecule has 0 saturated carbocycles. The first kappa shape index (κ1) is 18.9. The van der Waals surface area contributed by atoms with Crippen LogP contribution in [0.5, 0.6) is 11.5 Å². The lowest BCUT2D eigenvalue weighted by Gasteiger charge is -2.10. The Morgan fingerprint density at radius 2 is 1.72 bits per heavy atom. The molecule has 0 radical (unpaired) electrons. The summed E-state index contributed by atoms with van der Waals surface area (Å²) in [7, 11) is 1.64. The van der Waals surface area contributed by atoms with Crippen LogP contribution >= 0.6 is 11.6 Å². The lowest BCUT2D eigenvalue weighted by Crippen LogP contribution is -2.38. The quantitative estimate of drug-likeness (QED) is 0.706. The van der Waals surface area contributed by atoms with Gasteiger partial charge in [-0.3, -0.25) is 0 Å². The van der Waals surface area contributed by atoms with Crippen molar-refractivity contribution < 1.29 is 14.3 Å². The van der Waals surface area contributed by atoms with Gasteiger partial charge < -0.3 is 20.1 Å². The summed E-state index contributed by atoms with van der Waals surface area (Å²) < 4.78 is 10.7. The second-order valence-corrected chi connectivity index (χ2v) is 5.95. The molecule has 6 heteroatoms. The van der Waals surface area contributed by atoms with Crippen LogP contribution in [-0.2, 0) is 6.42 Å². The molecule has 134 valence electrons. The van der Waals surface area contributed by atoms with Gasteiger partial charge >= 0.3 is 6.03 Å². The molecule has 0 aliphatic heterocycles. The molecule has 0 atom stereocenters. The molecule has 0 unspecified atom stereocenters. The highest BCUT2D eigenvalue weighted by Gasteiger charge is 2.02. The molecule has 0 aliphatic carbocycles. The van der Waals surface area contributed by atoms with Crippen LogP contribution in [0.15, 0.2) is 42.5 Å². The van der Waals surface area contributed by atoms with Crippen LogP contribution in [0.2, 0.25) is 5.02 Å². The van der Waals surface area contributed by atoms with Crippen LogP contribution in [0, 0.1) is 6.92 Å². The molecule has 2 aromatic carbocycles. The third-order valence-corrected chi connectivity index (χ3v) is 4.07. The van der Waals surface area contributed by atoms with Gasteiger partial charge in [0, 0.05) is 11.6 Å². The topological polar surface area (TPSA) is 59.6 Å².